The van der Waals surface area contributed by atoms with E-state index in [1.165, 1.54) is 0 Å². The molecule has 0 aliphatic heterocycles. The quantitative estimate of drug-likeness (QED) is 0.723. The van der Waals surface area contributed by atoms with Crippen LogP contribution in [0.5, 0.6) is 0 Å². The number of hydrogen-bond acceptors (Lipinski definition) is 3. The Bertz CT molecular complexity index is 345. The predicted molar refractivity (Wildman–Crippen MR) is 64.7 cm³/mol. The van der Waals surface area contributed by atoms with Crippen LogP contribution in [0, 0.1) is 5.92 Å². The summed E-state index contributed by atoms with van der Waals surface area (Å²) in [6.07, 6.45) is 3.01. The van der Waals surface area contributed by atoms with E-state index in [1.54, 1.807) is 0 Å². The fourth-order valence-electron chi connectivity index (χ4n) is 2.83. The summed E-state index contributed by atoms with van der Waals surface area (Å²) in [5.74, 6) is -5.08. The summed E-state index contributed by atoms with van der Waals surface area (Å²) in [7, 11) is 0. The summed E-state index contributed by atoms with van der Waals surface area (Å²) >= 11 is 0. The lowest BCUT2D eigenvalue weighted by atomic mass is 9.75. The van der Waals surface area contributed by atoms with Gasteiger partial charge in [0.05, 0.1) is 6.10 Å². The number of carbonyl (C=O) groups excluding carboxylic acids is 1. The van der Waals surface area contributed by atoms with E-state index in [4.69, 9.17) is 0 Å². The molecule has 2 atom stereocenters. The molecule has 0 aromatic rings. The van der Waals surface area contributed by atoms with Crippen LogP contribution in [-0.2, 0) is 4.79 Å². The zero-order chi connectivity index (χ0) is 14.1. The summed E-state index contributed by atoms with van der Waals surface area (Å²) in [6.45, 7) is 0.140. The number of alkyl halides is 2. The lowest BCUT2D eigenvalue weighted by Crippen LogP contribution is -2.61. The number of amides is 1. The maximum atomic E-state index is 13.8. The molecule has 0 spiro atoms. The molecule has 2 aliphatic rings. The number of rotatable bonds is 4. The molecular weight excluding hydrogens is 256 g/mol. The molecule has 0 saturated heterocycles. The van der Waals surface area contributed by atoms with Gasteiger partial charge < -0.3 is 15.5 Å². The Kier molecular flexibility index (Phi) is 4.11. The first kappa shape index (κ1) is 14.7. The van der Waals surface area contributed by atoms with Crippen molar-refractivity contribution < 1.29 is 23.8 Å². The van der Waals surface area contributed by atoms with Gasteiger partial charge in [-0.3, -0.25) is 4.79 Å². The van der Waals surface area contributed by atoms with Gasteiger partial charge >= 0.3 is 5.92 Å². The van der Waals surface area contributed by atoms with Crippen LogP contribution in [0.4, 0.5) is 8.78 Å². The molecule has 2 saturated carbocycles. The van der Waals surface area contributed by atoms with Crippen molar-refractivity contribution in [2.24, 2.45) is 5.92 Å². The molecule has 0 aromatic heterocycles. The second-order valence-corrected chi connectivity index (χ2v) is 5.86. The van der Waals surface area contributed by atoms with Crippen molar-refractivity contribution >= 4 is 5.91 Å². The Morgan fingerprint density at radius 2 is 2.00 bits per heavy atom. The molecule has 110 valence electrons. The molecular formula is C13H21F2NO3. The number of nitrogens with one attached hydrogen (secondary N) is 1. The van der Waals surface area contributed by atoms with Gasteiger partial charge in [-0.15, -0.1) is 0 Å². The van der Waals surface area contributed by atoms with Gasteiger partial charge in [-0.25, -0.2) is 0 Å². The highest BCUT2D eigenvalue weighted by molar-refractivity contribution is 5.85. The molecule has 2 fully saturated rings. The van der Waals surface area contributed by atoms with E-state index in [1.807, 2.05) is 0 Å². The predicted octanol–water partition coefficient (Wildman–Crippen LogP) is 1.20. The Labute approximate surface area is 111 Å². The summed E-state index contributed by atoms with van der Waals surface area (Å²) in [5.41, 5.74) is -2.16. The highest BCUT2D eigenvalue weighted by Gasteiger charge is 2.61. The van der Waals surface area contributed by atoms with Crippen LogP contribution in [0.15, 0.2) is 0 Å². The summed E-state index contributed by atoms with van der Waals surface area (Å²) in [6, 6.07) is 0. The number of aliphatic hydroxyl groups is 2. The van der Waals surface area contributed by atoms with E-state index in [9.17, 15) is 23.8 Å². The maximum absolute atomic E-state index is 13.8. The molecule has 0 heterocycles. The molecule has 0 aromatic carbocycles. The van der Waals surface area contributed by atoms with E-state index in [0.29, 0.717) is 12.8 Å². The van der Waals surface area contributed by atoms with Crippen molar-refractivity contribution in [2.45, 2.75) is 62.6 Å². The minimum atomic E-state index is -3.72. The fraction of sp³-hybridized carbons (Fsp3) is 0.923. The second-order valence-electron chi connectivity index (χ2n) is 5.86. The van der Waals surface area contributed by atoms with Crippen molar-refractivity contribution in [2.75, 3.05) is 6.54 Å². The molecule has 2 rings (SSSR count). The molecule has 1 amide bonds. The van der Waals surface area contributed by atoms with Crippen LogP contribution in [-0.4, -0.2) is 40.3 Å². The topological polar surface area (TPSA) is 69.6 Å². The third-order valence-corrected chi connectivity index (χ3v) is 4.36. The second kappa shape index (κ2) is 5.32. The third-order valence-electron chi connectivity index (χ3n) is 4.36. The van der Waals surface area contributed by atoms with Crippen molar-refractivity contribution in [3.8, 4) is 0 Å². The molecule has 19 heavy (non-hydrogen) atoms. The summed E-state index contributed by atoms with van der Waals surface area (Å²) in [5, 5.41) is 21.3. The lowest BCUT2D eigenvalue weighted by molar-refractivity contribution is -0.216. The largest absolute Gasteiger partial charge is 0.393 e. The Morgan fingerprint density at radius 1 is 1.32 bits per heavy atom. The van der Waals surface area contributed by atoms with Gasteiger partial charge in [0.2, 0.25) is 0 Å². The van der Waals surface area contributed by atoms with Crippen LogP contribution in [0.25, 0.3) is 0 Å². The van der Waals surface area contributed by atoms with Gasteiger partial charge in [0, 0.05) is 6.54 Å². The summed E-state index contributed by atoms with van der Waals surface area (Å²) < 4.78 is 27.5. The Balaban J connectivity index is 1.83. The molecule has 2 aliphatic carbocycles. The van der Waals surface area contributed by atoms with Crippen molar-refractivity contribution in [3.05, 3.63) is 0 Å². The Hall–Kier alpha value is -0.750. The first-order valence-corrected chi connectivity index (χ1v) is 6.92. The SMILES string of the molecule is O=C(NCC1CCCC(O)C1)C(F)(F)C1(O)CCC1. The molecule has 3 N–H and O–H groups in total. The molecule has 2 unspecified atom stereocenters. The number of halogens is 2. The van der Waals surface area contributed by atoms with Crippen molar-refractivity contribution in [1.82, 2.24) is 5.32 Å². The third kappa shape index (κ3) is 2.89. The smallest absolute Gasteiger partial charge is 0.352 e. The van der Waals surface area contributed by atoms with Gasteiger partial charge in [-0.2, -0.15) is 8.78 Å². The van der Waals surface area contributed by atoms with Crippen LogP contribution in [0.1, 0.15) is 44.9 Å². The average molecular weight is 277 g/mol. The molecule has 0 radical (unpaired) electrons. The van der Waals surface area contributed by atoms with Crippen LogP contribution in [0.2, 0.25) is 0 Å². The van der Waals surface area contributed by atoms with Crippen molar-refractivity contribution in [3.63, 3.8) is 0 Å². The zero-order valence-corrected chi connectivity index (χ0v) is 10.9. The molecule has 0 bridgehead atoms. The average Bonchev–Trinajstić information content (AvgIpc) is 2.32. The number of hydrogen-bond donors (Lipinski definition) is 3. The van der Waals surface area contributed by atoms with Gasteiger partial charge in [0.1, 0.15) is 5.60 Å². The molecule has 4 nitrogen and oxygen atoms in total. The van der Waals surface area contributed by atoms with E-state index in [-0.39, 0.29) is 25.3 Å². The highest BCUT2D eigenvalue weighted by atomic mass is 19.3. The van der Waals surface area contributed by atoms with Gasteiger partial charge in [0.15, 0.2) is 0 Å². The highest BCUT2D eigenvalue weighted by Crippen LogP contribution is 2.44. The Morgan fingerprint density at radius 3 is 2.53 bits per heavy atom. The normalized spacial score (nSPS) is 30.5. The molecule has 6 heteroatoms. The van der Waals surface area contributed by atoms with Crippen LogP contribution < -0.4 is 5.32 Å². The minimum absolute atomic E-state index is 0.0322. The fourth-order valence-corrected chi connectivity index (χ4v) is 2.83. The monoisotopic (exact) mass is 277 g/mol. The first-order chi connectivity index (χ1) is 8.85. The van der Waals surface area contributed by atoms with Gasteiger partial charge in [-0.05, 0) is 44.4 Å². The van der Waals surface area contributed by atoms with Crippen LogP contribution >= 0.6 is 0 Å². The maximum Gasteiger partial charge on any atom is 0.352 e. The van der Waals surface area contributed by atoms with E-state index >= 15 is 0 Å². The van der Waals surface area contributed by atoms with Gasteiger partial charge in [-0.1, -0.05) is 6.42 Å². The zero-order valence-electron chi connectivity index (χ0n) is 10.9. The standard InChI is InChI=1S/C13H21F2NO3/c14-13(15,12(19)5-2-6-12)11(18)16-8-9-3-1-4-10(17)7-9/h9-10,17,19H,1-8H2,(H,16,18). The van der Waals surface area contributed by atoms with E-state index in [0.717, 1.165) is 19.3 Å². The van der Waals surface area contributed by atoms with E-state index in [2.05, 4.69) is 5.32 Å². The van der Waals surface area contributed by atoms with Gasteiger partial charge in [0.25, 0.3) is 5.91 Å². The number of aliphatic hydroxyl groups excluding tert-OH is 1. The first-order valence-electron chi connectivity index (χ1n) is 6.92. The number of carbonyl (C=O) groups is 1. The summed E-state index contributed by atoms with van der Waals surface area (Å²) in [4.78, 5) is 11.5. The lowest BCUT2D eigenvalue weighted by Gasteiger charge is -2.41. The van der Waals surface area contributed by atoms with E-state index < -0.39 is 23.5 Å². The van der Waals surface area contributed by atoms with Crippen molar-refractivity contribution in [1.29, 1.82) is 0 Å². The minimum Gasteiger partial charge on any atom is -0.393 e. The van der Waals surface area contributed by atoms with Crippen LogP contribution in [0.3, 0.4) is 0 Å².